The minimum atomic E-state index is 0.261. The van der Waals surface area contributed by atoms with Gasteiger partial charge in [-0.2, -0.15) is 0 Å². The number of piperidine rings is 1. The van der Waals surface area contributed by atoms with Crippen molar-refractivity contribution < 1.29 is 4.79 Å². The minimum Gasteiger partial charge on any atom is -0.356 e. The van der Waals surface area contributed by atoms with E-state index in [-0.39, 0.29) is 5.92 Å². The van der Waals surface area contributed by atoms with Gasteiger partial charge in [0.2, 0.25) is 5.91 Å². The first-order valence-electron chi connectivity index (χ1n) is 9.11. The van der Waals surface area contributed by atoms with E-state index < -0.39 is 0 Å². The summed E-state index contributed by atoms with van der Waals surface area (Å²) in [4.78, 5) is 23.1. The van der Waals surface area contributed by atoms with Gasteiger partial charge in [0.05, 0.1) is 6.20 Å². The number of carbonyl (C=O) groups excluding carboxylic acids is 1. The van der Waals surface area contributed by atoms with Crippen molar-refractivity contribution >= 4 is 11.7 Å². The molecule has 0 bridgehead atoms. The number of hydrogen-bond acceptors (Lipinski definition) is 4. The molecular formula is C18H28N4O. The van der Waals surface area contributed by atoms with Gasteiger partial charge in [0.25, 0.3) is 0 Å². The first-order valence-corrected chi connectivity index (χ1v) is 9.11. The predicted molar refractivity (Wildman–Crippen MR) is 91.2 cm³/mol. The Morgan fingerprint density at radius 3 is 2.48 bits per heavy atom. The summed E-state index contributed by atoms with van der Waals surface area (Å²) in [6.45, 7) is 2.84. The smallest absolute Gasteiger partial charge is 0.223 e. The van der Waals surface area contributed by atoms with Crippen LogP contribution in [0.25, 0.3) is 0 Å². The van der Waals surface area contributed by atoms with Gasteiger partial charge in [-0.25, -0.2) is 4.98 Å². The lowest BCUT2D eigenvalue weighted by Crippen LogP contribution is -2.40. The monoisotopic (exact) mass is 316 g/mol. The molecule has 126 valence electrons. The maximum absolute atomic E-state index is 12.3. The lowest BCUT2D eigenvalue weighted by molar-refractivity contribution is -0.125. The number of anilines is 1. The van der Waals surface area contributed by atoms with Crippen LogP contribution in [0.3, 0.4) is 0 Å². The standard InChI is InChI=1S/C18H28N4O/c23-18(16-5-3-1-2-4-6-16)21-13-15-7-11-22(12-8-15)17-14-19-9-10-20-17/h9-10,14-16H,1-8,11-13H2,(H,21,23). The van der Waals surface area contributed by atoms with E-state index >= 15 is 0 Å². The molecule has 1 aromatic heterocycles. The van der Waals surface area contributed by atoms with E-state index in [0.717, 1.165) is 51.1 Å². The maximum Gasteiger partial charge on any atom is 0.223 e. The molecule has 1 N–H and O–H groups in total. The molecule has 1 aromatic rings. The highest BCUT2D eigenvalue weighted by Gasteiger charge is 2.23. The van der Waals surface area contributed by atoms with Crippen molar-refractivity contribution in [1.82, 2.24) is 15.3 Å². The molecule has 2 heterocycles. The molecule has 1 aliphatic carbocycles. The van der Waals surface area contributed by atoms with Crippen molar-refractivity contribution in [2.24, 2.45) is 11.8 Å². The van der Waals surface area contributed by atoms with Crippen LogP contribution in [0.2, 0.25) is 0 Å². The maximum atomic E-state index is 12.3. The summed E-state index contributed by atoms with van der Waals surface area (Å²) in [5.74, 6) is 2.12. The van der Waals surface area contributed by atoms with Crippen LogP contribution in [0.4, 0.5) is 5.82 Å². The molecule has 0 unspecified atom stereocenters. The molecule has 0 spiro atoms. The summed E-state index contributed by atoms with van der Waals surface area (Å²) in [5, 5.41) is 3.22. The predicted octanol–water partition coefficient (Wildman–Crippen LogP) is 2.78. The zero-order chi connectivity index (χ0) is 15.9. The van der Waals surface area contributed by atoms with Crippen molar-refractivity contribution in [1.29, 1.82) is 0 Å². The van der Waals surface area contributed by atoms with E-state index in [1.807, 2.05) is 6.20 Å². The molecule has 1 amide bonds. The number of hydrogen-bond donors (Lipinski definition) is 1. The fourth-order valence-electron chi connectivity index (χ4n) is 3.75. The van der Waals surface area contributed by atoms with Gasteiger partial charge in [-0.15, -0.1) is 0 Å². The van der Waals surface area contributed by atoms with Crippen LogP contribution in [-0.4, -0.2) is 35.5 Å². The van der Waals surface area contributed by atoms with Gasteiger partial charge in [0.1, 0.15) is 5.82 Å². The van der Waals surface area contributed by atoms with Gasteiger partial charge in [-0.05, 0) is 31.6 Å². The second-order valence-electron chi connectivity index (χ2n) is 6.93. The third-order valence-corrected chi connectivity index (χ3v) is 5.28. The summed E-state index contributed by atoms with van der Waals surface area (Å²) in [7, 11) is 0. The lowest BCUT2D eigenvalue weighted by Gasteiger charge is -2.32. The Morgan fingerprint density at radius 2 is 1.83 bits per heavy atom. The molecule has 0 radical (unpaired) electrons. The SMILES string of the molecule is O=C(NCC1CCN(c2cnccn2)CC1)C1CCCCCC1. The van der Waals surface area contributed by atoms with Gasteiger partial charge in [0.15, 0.2) is 0 Å². The lowest BCUT2D eigenvalue weighted by atomic mass is 9.95. The topological polar surface area (TPSA) is 58.1 Å². The third kappa shape index (κ3) is 4.66. The molecule has 5 nitrogen and oxygen atoms in total. The molecule has 5 heteroatoms. The van der Waals surface area contributed by atoms with E-state index in [0.29, 0.717) is 11.8 Å². The Balaban J connectivity index is 1.39. The zero-order valence-corrected chi connectivity index (χ0v) is 13.9. The number of carbonyl (C=O) groups is 1. The van der Waals surface area contributed by atoms with Crippen molar-refractivity contribution in [3.63, 3.8) is 0 Å². The molecule has 1 saturated carbocycles. The van der Waals surface area contributed by atoms with E-state index in [1.165, 1.54) is 25.7 Å². The number of nitrogens with one attached hydrogen (secondary N) is 1. The molecule has 1 saturated heterocycles. The Hall–Kier alpha value is -1.65. The molecule has 2 fully saturated rings. The highest BCUT2D eigenvalue weighted by Crippen LogP contribution is 2.24. The third-order valence-electron chi connectivity index (χ3n) is 5.28. The molecule has 3 rings (SSSR count). The number of nitrogens with zero attached hydrogens (tertiary/aromatic N) is 3. The van der Waals surface area contributed by atoms with Crippen molar-refractivity contribution in [2.45, 2.75) is 51.4 Å². The van der Waals surface area contributed by atoms with Crippen LogP contribution in [0.1, 0.15) is 51.4 Å². The van der Waals surface area contributed by atoms with Gasteiger partial charge in [-0.1, -0.05) is 25.7 Å². The highest BCUT2D eigenvalue weighted by molar-refractivity contribution is 5.78. The van der Waals surface area contributed by atoms with Gasteiger partial charge in [0, 0.05) is 37.9 Å². The number of amides is 1. The molecule has 0 atom stereocenters. The van der Waals surface area contributed by atoms with Crippen LogP contribution in [-0.2, 0) is 4.79 Å². The Morgan fingerprint density at radius 1 is 1.09 bits per heavy atom. The summed E-state index contributed by atoms with van der Waals surface area (Å²) in [6, 6.07) is 0. The molecule has 2 aliphatic rings. The van der Waals surface area contributed by atoms with Crippen LogP contribution in [0.5, 0.6) is 0 Å². The first-order chi connectivity index (χ1) is 11.3. The zero-order valence-electron chi connectivity index (χ0n) is 13.9. The van der Waals surface area contributed by atoms with Gasteiger partial charge >= 0.3 is 0 Å². The van der Waals surface area contributed by atoms with E-state index in [4.69, 9.17) is 0 Å². The van der Waals surface area contributed by atoms with E-state index in [2.05, 4.69) is 20.2 Å². The number of rotatable bonds is 4. The first kappa shape index (κ1) is 16.2. The largest absolute Gasteiger partial charge is 0.356 e. The van der Waals surface area contributed by atoms with E-state index in [1.54, 1.807) is 12.4 Å². The van der Waals surface area contributed by atoms with E-state index in [9.17, 15) is 4.79 Å². The normalized spacial score (nSPS) is 21.0. The average molecular weight is 316 g/mol. The quantitative estimate of drug-likeness (QED) is 0.868. The number of aromatic nitrogens is 2. The fourth-order valence-corrected chi connectivity index (χ4v) is 3.75. The second kappa shape index (κ2) is 8.27. The van der Waals surface area contributed by atoms with Crippen LogP contribution < -0.4 is 10.2 Å². The van der Waals surface area contributed by atoms with Crippen molar-refractivity contribution in [3.05, 3.63) is 18.6 Å². The minimum absolute atomic E-state index is 0.261. The van der Waals surface area contributed by atoms with Crippen LogP contribution >= 0.6 is 0 Å². The fraction of sp³-hybridized carbons (Fsp3) is 0.722. The second-order valence-corrected chi connectivity index (χ2v) is 6.93. The molecule has 23 heavy (non-hydrogen) atoms. The molecule has 1 aliphatic heterocycles. The van der Waals surface area contributed by atoms with Crippen molar-refractivity contribution in [3.8, 4) is 0 Å². The summed E-state index contributed by atoms with van der Waals surface area (Å²) in [5.41, 5.74) is 0. The Labute approximate surface area is 138 Å². The van der Waals surface area contributed by atoms with Crippen LogP contribution in [0, 0.1) is 11.8 Å². The Kier molecular flexibility index (Phi) is 5.83. The summed E-state index contributed by atoms with van der Waals surface area (Å²) >= 11 is 0. The summed E-state index contributed by atoms with van der Waals surface area (Å²) < 4.78 is 0. The summed E-state index contributed by atoms with van der Waals surface area (Å²) in [6.07, 6.45) is 14.7. The Bertz CT molecular complexity index is 477. The van der Waals surface area contributed by atoms with Gasteiger partial charge < -0.3 is 10.2 Å². The average Bonchev–Trinajstić information content (AvgIpc) is 2.90. The highest BCUT2D eigenvalue weighted by atomic mass is 16.1. The van der Waals surface area contributed by atoms with Crippen LogP contribution in [0.15, 0.2) is 18.6 Å². The van der Waals surface area contributed by atoms with Crippen molar-refractivity contribution in [2.75, 3.05) is 24.5 Å². The molecule has 0 aromatic carbocycles. The molecular weight excluding hydrogens is 288 g/mol. The van der Waals surface area contributed by atoms with Gasteiger partial charge in [-0.3, -0.25) is 9.78 Å².